The van der Waals surface area contributed by atoms with Crippen LogP contribution in [-0.2, 0) is 0 Å². The average molecular weight is 425 g/mol. The van der Waals surface area contributed by atoms with Crippen molar-refractivity contribution in [2.24, 2.45) is 5.10 Å². The summed E-state index contributed by atoms with van der Waals surface area (Å²) in [4.78, 5) is 17.8. The van der Waals surface area contributed by atoms with Gasteiger partial charge in [0.2, 0.25) is 0 Å². The molecule has 0 aliphatic rings. The van der Waals surface area contributed by atoms with Crippen LogP contribution in [0.1, 0.15) is 5.56 Å². The summed E-state index contributed by atoms with van der Waals surface area (Å²) in [5.74, 6) is 1.62. The lowest BCUT2D eigenvalue weighted by Gasteiger charge is -2.11. The molecule has 5 aromatic rings. The number of para-hydroxylation sites is 2. The Labute approximate surface area is 182 Å². The van der Waals surface area contributed by atoms with Crippen LogP contribution < -0.4 is 20.5 Å². The number of ether oxygens (including phenoxy) is 2. The number of nitrogens with zero attached hydrogens (tertiary/aromatic N) is 4. The number of aromatic nitrogens is 3. The fraction of sp³-hybridized carbons (Fsp3) is 0.0833. The van der Waals surface area contributed by atoms with Crippen LogP contribution in [0.4, 0.5) is 5.82 Å². The second kappa shape index (κ2) is 7.99. The topological polar surface area (TPSA) is 90.1 Å². The largest absolute Gasteiger partial charge is 0.493 e. The highest BCUT2D eigenvalue weighted by Crippen LogP contribution is 2.29. The fourth-order valence-corrected chi connectivity index (χ4v) is 3.69. The Kier molecular flexibility index (Phi) is 4.87. The normalized spacial score (nSPS) is 11.4. The molecule has 1 N–H and O–H groups in total. The minimum atomic E-state index is -0.238. The van der Waals surface area contributed by atoms with E-state index in [9.17, 15) is 4.79 Å². The number of hydrazone groups is 1. The summed E-state index contributed by atoms with van der Waals surface area (Å²) >= 11 is 0. The van der Waals surface area contributed by atoms with E-state index in [1.807, 2.05) is 60.7 Å². The van der Waals surface area contributed by atoms with Gasteiger partial charge >= 0.3 is 0 Å². The molecule has 2 heterocycles. The number of nitrogens with one attached hydrogen (secondary N) is 1. The molecule has 2 aromatic heterocycles. The van der Waals surface area contributed by atoms with Gasteiger partial charge in [-0.3, -0.25) is 10.2 Å². The summed E-state index contributed by atoms with van der Waals surface area (Å²) in [6, 6.07) is 20.4. The fourth-order valence-electron chi connectivity index (χ4n) is 3.69. The molecule has 0 fully saturated rings. The summed E-state index contributed by atoms with van der Waals surface area (Å²) in [5, 5.41) is 10.9. The molecule has 0 unspecified atom stereocenters. The van der Waals surface area contributed by atoms with Gasteiger partial charge in [0, 0.05) is 16.3 Å². The van der Waals surface area contributed by atoms with Gasteiger partial charge in [-0.2, -0.15) is 9.62 Å². The minimum Gasteiger partial charge on any atom is -0.493 e. The number of benzene rings is 3. The molecular weight excluding hydrogens is 406 g/mol. The van der Waals surface area contributed by atoms with E-state index >= 15 is 0 Å². The second-order valence-corrected chi connectivity index (χ2v) is 7.02. The lowest BCUT2D eigenvalue weighted by atomic mass is 10.1. The molecule has 0 atom stereocenters. The van der Waals surface area contributed by atoms with Crippen LogP contribution in [0.3, 0.4) is 0 Å². The molecule has 3 aromatic carbocycles. The van der Waals surface area contributed by atoms with Crippen LogP contribution in [0.5, 0.6) is 11.5 Å². The second-order valence-electron chi connectivity index (χ2n) is 7.02. The molecule has 0 saturated carbocycles. The van der Waals surface area contributed by atoms with Crippen LogP contribution in [-0.4, -0.2) is 35.0 Å². The maximum atomic E-state index is 13.1. The molecule has 0 aliphatic heterocycles. The van der Waals surface area contributed by atoms with Gasteiger partial charge in [-0.15, -0.1) is 5.10 Å². The third-order valence-electron chi connectivity index (χ3n) is 5.18. The van der Waals surface area contributed by atoms with Crippen molar-refractivity contribution in [1.29, 1.82) is 0 Å². The lowest BCUT2D eigenvalue weighted by molar-refractivity contribution is 0.354. The summed E-state index contributed by atoms with van der Waals surface area (Å²) in [7, 11) is 3.16. The summed E-state index contributed by atoms with van der Waals surface area (Å²) < 4.78 is 12.1. The highest BCUT2D eigenvalue weighted by atomic mass is 16.5. The standard InChI is InChI=1S/C24H19N5O3/c1-31-20-13-7-8-15(21(20)32-2)14-25-27-22-16-9-3-4-10-17(16)23-26-19-12-6-5-11-18(19)24(30)29(23)28-22/h3-14H,1-2H3,(H,27,28). The van der Waals surface area contributed by atoms with Gasteiger partial charge in [0.1, 0.15) is 0 Å². The molecule has 32 heavy (non-hydrogen) atoms. The van der Waals surface area contributed by atoms with Crippen LogP contribution in [0.15, 0.2) is 76.6 Å². The summed E-state index contributed by atoms with van der Waals surface area (Å²) in [5.41, 5.74) is 4.59. The molecule has 8 heteroatoms. The van der Waals surface area contributed by atoms with Gasteiger partial charge in [-0.05, 0) is 24.3 Å². The van der Waals surface area contributed by atoms with Gasteiger partial charge in [0.25, 0.3) is 5.56 Å². The SMILES string of the molecule is COc1cccc(C=NNc2nn3c(=O)c4ccccc4nc3c3ccccc23)c1OC. The number of hydrogen-bond donors (Lipinski definition) is 1. The summed E-state index contributed by atoms with van der Waals surface area (Å²) in [6.45, 7) is 0. The maximum absolute atomic E-state index is 13.1. The Morgan fingerprint density at radius 1 is 0.906 bits per heavy atom. The first-order valence-corrected chi connectivity index (χ1v) is 9.92. The van der Waals surface area contributed by atoms with Gasteiger partial charge < -0.3 is 9.47 Å². The first-order valence-electron chi connectivity index (χ1n) is 9.92. The predicted molar refractivity (Wildman–Crippen MR) is 125 cm³/mol. The molecule has 0 radical (unpaired) electrons. The van der Waals surface area contributed by atoms with Crippen molar-refractivity contribution in [3.05, 3.63) is 82.6 Å². The Bertz CT molecular complexity index is 1560. The molecular formula is C24H19N5O3. The monoisotopic (exact) mass is 425 g/mol. The number of methoxy groups -OCH3 is 2. The van der Waals surface area contributed by atoms with E-state index in [1.54, 1.807) is 26.5 Å². The van der Waals surface area contributed by atoms with Crippen LogP contribution in [0, 0.1) is 0 Å². The molecule has 5 rings (SSSR count). The van der Waals surface area contributed by atoms with Crippen molar-refractivity contribution in [3.63, 3.8) is 0 Å². The van der Waals surface area contributed by atoms with E-state index in [2.05, 4.69) is 20.6 Å². The van der Waals surface area contributed by atoms with Crippen LogP contribution >= 0.6 is 0 Å². The summed E-state index contributed by atoms with van der Waals surface area (Å²) in [6.07, 6.45) is 1.61. The molecule has 0 amide bonds. The van der Waals surface area contributed by atoms with Crippen molar-refractivity contribution < 1.29 is 9.47 Å². The lowest BCUT2D eigenvalue weighted by Crippen LogP contribution is -2.19. The predicted octanol–water partition coefficient (Wildman–Crippen LogP) is 3.86. The van der Waals surface area contributed by atoms with Gasteiger partial charge in [-0.1, -0.05) is 42.5 Å². The zero-order chi connectivity index (χ0) is 22.1. The molecule has 0 saturated heterocycles. The van der Waals surface area contributed by atoms with E-state index in [4.69, 9.17) is 9.47 Å². The molecule has 0 aliphatic carbocycles. The Morgan fingerprint density at radius 2 is 1.66 bits per heavy atom. The third-order valence-corrected chi connectivity index (χ3v) is 5.18. The van der Waals surface area contributed by atoms with Crippen LogP contribution in [0.25, 0.3) is 27.3 Å². The average Bonchev–Trinajstić information content (AvgIpc) is 2.84. The van der Waals surface area contributed by atoms with Crippen LogP contribution in [0.2, 0.25) is 0 Å². The minimum absolute atomic E-state index is 0.238. The molecule has 0 spiro atoms. The van der Waals surface area contributed by atoms with Crippen molar-refractivity contribution in [1.82, 2.24) is 14.6 Å². The van der Waals surface area contributed by atoms with E-state index < -0.39 is 0 Å². The van der Waals surface area contributed by atoms with E-state index in [0.29, 0.717) is 33.9 Å². The van der Waals surface area contributed by atoms with Gasteiger partial charge in [-0.25, -0.2) is 4.98 Å². The van der Waals surface area contributed by atoms with Gasteiger partial charge in [0.05, 0.1) is 31.3 Å². The maximum Gasteiger partial charge on any atom is 0.282 e. The number of fused-ring (bicyclic) bond motifs is 4. The van der Waals surface area contributed by atoms with E-state index in [0.717, 1.165) is 16.3 Å². The van der Waals surface area contributed by atoms with Crippen molar-refractivity contribution in [2.75, 3.05) is 19.6 Å². The Hall–Kier alpha value is -4.46. The molecule has 8 nitrogen and oxygen atoms in total. The number of anilines is 1. The van der Waals surface area contributed by atoms with Crippen molar-refractivity contribution in [2.45, 2.75) is 0 Å². The number of rotatable bonds is 5. The highest BCUT2D eigenvalue weighted by Gasteiger charge is 2.13. The highest BCUT2D eigenvalue weighted by molar-refractivity contribution is 6.01. The van der Waals surface area contributed by atoms with E-state index in [-0.39, 0.29) is 5.56 Å². The number of hydrogen-bond acceptors (Lipinski definition) is 7. The first-order chi connectivity index (χ1) is 15.7. The third kappa shape index (κ3) is 3.18. The molecule has 0 bridgehead atoms. The van der Waals surface area contributed by atoms with E-state index in [1.165, 1.54) is 4.52 Å². The Balaban J connectivity index is 1.64. The zero-order valence-electron chi connectivity index (χ0n) is 17.4. The zero-order valence-corrected chi connectivity index (χ0v) is 17.4. The Morgan fingerprint density at radius 3 is 2.44 bits per heavy atom. The quantitative estimate of drug-likeness (QED) is 0.199. The van der Waals surface area contributed by atoms with Gasteiger partial charge in [0.15, 0.2) is 23.0 Å². The smallest absolute Gasteiger partial charge is 0.282 e. The molecule has 158 valence electrons. The van der Waals surface area contributed by atoms with Crippen molar-refractivity contribution in [3.8, 4) is 11.5 Å². The first kappa shape index (κ1) is 19.5. The van der Waals surface area contributed by atoms with Crippen molar-refractivity contribution >= 4 is 39.4 Å².